The Bertz CT molecular complexity index is 806. The molecule has 2 aromatic carbocycles. The van der Waals surface area contributed by atoms with Crippen molar-refractivity contribution < 1.29 is 4.74 Å². The van der Waals surface area contributed by atoms with E-state index in [9.17, 15) is 0 Å². The van der Waals surface area contributed by atoms with Crippen LogP contribution >= 0.6 is 0 Å². The minimum Gasteiger partial charge on any atom is -0.497 e. The lowest BCUT2D eigenvalue weighted by molar-refractivity contribution is 0.415. The van der Waals surface area contributed by atoms with Crippen LogP contribution in [0.1, 0.15) is 5.56 Å². The molecule has 2 N–H and O–H groups in total. The minimum atomic E-state index is 0.434. The molecule has 0 atom stereocenters. The highest BCUT2D eigenvalue weighted by atomic mass is 16.5. The molecule has 23 heavy (non-hydrogen) atoms. The van der Waals surface area contributed by atoms with Gasteiger partial charge in [0.15, 0.2) is 5.82 Å². The molecular formula is C17H17N5O. The van der Waals surface area contributed by atoms with Crippen LogP contribution in [0, 0.1) is 6.92 Å². The van der Waals surface area contributed by atoms with Crippen LogP contribution in [0.2, 0.25) is 0 Å². The van der Waals surface area contributed by atoms with E-state index in [4.69, 9.17) is 4.74 Å². The zero-order valence-corrected chi connectivity index (χ0v) is 12.9. The van der Waals surface area contributed by atoms with Crippen molar-refractivity contribution in [2.75, 3.05) is 17.7 Å². The van der Waals surface area contributed by atoms with Gasteiger partial charge < -0.3 is 15.4 Å². The second-order valence-corrected chi connectivity index (χ2v) is 5.02. The third-order valence-corrected chi connectivity index (χ3v) is 3.18. The Kier molecular flexibility index (Phi) is 4.33. The third kappa shape index (κ3) is 3.94. The van der Waals surface area contributed by atoms with Crippen molar-refractivity contribution in [3.8, 4) is 5.75 Å². The topological polar surface area (TPSA) is 72.0 Å². The van der Waals surface area contributed by atoms with Crippen molar-refractivity contribution in [3.05, 3.63) is 60.3 Å². The highest BCUT2D eigenvalue weighted by Gasteiger charge is 2.03. The van der Waals surface area contributed by atoms with Crippen LogP contribution in [0.15, 0.2) is 54.7 Å². The van der Waals surface area contributed by atoms with Gasteiger partial charge >= 0.3 is 0 Å². The van der Waals surface area contributed by atoms with Crippen molar-refractivity contribution in [1.82, 2.24) is 15.2 Å². The van der Waals surface area contributed by atoms with Gasteiger partial charge in [0.25, 0.3) is 0 Å². The summed E-state index contributed by atoms with van der Waals surface area (Å²) in [6, 6.07) is 15.6. The normalized spacial score (nSPS) is 10.2. The number of benzene rings is 2. The van der Waals surface area contributed by atoms with Crippen molar-refractivity contribution in [2.24, 2.45) is 0 Å². The standard InChI is InChI=1S/C17H17N5O/c1-12-5-3-6-13(9-12)20-17-21-16(11-18-22-17)19-14-7-4-8-15(10-14)23-2/h3-11H,1-2H3,(H2,19,20,21,22). The van der Waals surface area contributed by atoms with Gasteiger partial charge in [0.05, 0.1) is 13.3 Å². The summed E-state index contributed by atoms with van der Waals surface area (Å²) in [7, 11) is 1.63. The van der Waals surface area contributed by atoms with Gasteiger partial charge in [-0.1, -0.05) is 18.2 Å². The van der Waals surface area contributed by atoms with Gasteiger partial charge in [0.1, 0.15) is 5.75 Å². The SMILES string of the molecule is COc1cccc(Nc2cnnc(Nc3cccc(C)c3)n2)c1. The number of anilines is 4. The fourth-order valence-electron chi connectivity index (χ4n) is 2.12. The quantitative estimate of drug-likeness (QED) is 0.749. The number of hydrogen-bond donors (Lipinski definition) is 2. The predicted octanol–water partition coefficient (Wildman–Crippen LogP) is 3.68. The van der Waals surface area contributed by atoms with E-state index >= 15 is 0 Å². The maximum Gasteiger partial charge on any atom is 0.249 e. The summed E-state index contributed by atoms with van der Waals surface area (Å²) in [6.45, 7) is 2.03. The van der Waals surface area contributed by atoms with E-state index in [0.29, 0.717) is 11.8 Å². The Morgan fingerprint density at radius 1 is 0.957 bits per heavy atom. The van der Waals surface area contributed by atoms with E-state index in [1.165, 1.54) is 0 Å². The summed E-state index contributed by atoms with van der Waals surface area (Å²) in [5.41, 5.74) is 2.95. The Labute approximate surface area is 134 Å². The van der Waals surface area contributed by atoms with E-state index in [2.05, 4.69) is 25.8 Å². The number of nitrogens with one attached hydrogen (secondary N) is 2. The lowest BCUT2D eigenvalue weighted by Crippen LogP contribution is -2.02. The van der Waals surface area contributed by atoms with E-state index in [1.807, 2.05) is 55.5 Å². The number of methoxy groups -OCH3 is 1. The first-order valence-electron chi connectivity index (χ1n) is 7.17. The molecular weight excluding hydrogens is 290 g/mol. The molecule has 0 radical (unpaired) electrons. The molecule has 0 spiro atoms. The van der Waals surface area contributed by atoms with Gasteiger partial charge in [0.2, 0.25) is 5.95 Å². The molecule has 1 heterocycles. The number of rotatable bonds is 5. The first-order chi connectivity index (χ1) is 11.2. The monoisotopic (exact) mass is 307 g/mol. The fourth-order valence-corrected chi connectivity index (χ4v) is 2.12. The Morgan fingerprint density at radius 2 is 1.74 bits per heavy atom. The number of aromatic nitrogens is 3. The second kappa shape index (κ2) is 6.74. The zero-order valence-electron chi connectivity index (χ0n) is 12.9. The fraction of sp³-hybridized carbons (Fsp3) is 0.118. The molecule has 0 saturated heterocycles. The Balaban J connectivity index is 1.76. The van der Waals surface area contributed by atoms with E-state index in [-0.39, 0.29) is 0 Å². The predicted molar refractivity (Wildman–Crippen MR) is 90.6 cm³/mol. The smallest absolute Gasteiger partial charge is 0.249 e. The summed E-state index contributed by atoms with van der Waals surface area (Å²) in [6.07, 6.45) is 1.57. The summed E-state index contributed by atoms with van der Waals surface area (Å²) in [5.74, 6) is 1.81. The number of ether oxygens (including phenoxy) is 1. The molecule has 0 unspecified atom stereocenters. The van der Waals surface area contributed by atoms with Crippen LogP contribution in [-0.2, 0) is 0 Å². The number of nitrogens with zero attached hydrogens (tertiary/aromatic N) is 3. The van der Waals surface area contributed by atoms with E-state index in [0.717, 1.165) is 22.7 Å². The molecule has 0 saturated carbocycles. The largest absolute Gasteiger partial charge is 0.497 e. The highest BCUT2D eigenvalue weighted by molar-refractivity contribution is 5.60. The third-order valence-electron chi connectivity index (χ3n) is 3.18. The van der Waals surface area contributed by atoms with Gasteiger partial charge in [-0.15, -0.1) is 5.10 Å². The lowest BCUT2D eigenvalue weighted by atomic mass is 10.2. The van der Waals surface area contributed by atoms with Crippen LogP contribution in [0.4, 0.5) is 23.1 Å². The van der Waals surface area contributed by atoms with Crippen molar-refractivity contribution in [2.45, 2.75) is 6.92 Å². The van der Waals surface area contributed by atoms with Crippen LogP contribution in [0.3, 0.4) is 0 Å². The summed E-state index contributed by atoms with van der Waals surface area (Å²) >= 11 is 0. The molecule has 6 heteroatoms. The lowest BCUT2D eigenvalue weighted by Gasteiger charge is -2.09. The molecule has 116 valence electrons. The zero-order chi connectivity index (χ0) is 16.1. The molecule has 0 fully saturated rings. The Hall–Kier alpha value is -3.15. The number of hydrogen-bond acceptors (Lipinski definition) is 6. The van der Waals surface area contributed by atoms with Crippen LogP contribution in [0.5, 0.6) is 5.75 Å². The van der Waals surface area contributed by atoms with Gasteiger partial charge in [-0.2, -0.15) is 10.1 Å². The van der Waals surface area contributed by atoms with E-state index < -0.39 is 0 Å². The first kappa shape index (κ1) is 14.8. The van der Waals surface area contributed by atoms with Crippen molar-refractivity contribution in [1.29, 1.82) is 0 Å². The van der Waals surface area contributed by atoms with E-state index in [1.54, 1.807) is 13.3 Å². The molecule has 6 nitrogen and oxygen atoms in total. The van der Waals surface area contributed by atoms with Gasteiger partial charge in [-0.05, 0) is 36.8 Å². The molecule has 1 aromatic heterocycles. The maximum atomic E-state index is 5.21. The maximum absolute atomic E-state index is 5.21. The average molecular weight is 307 g/mol. The van der Waals surface area contributed by atoms with Crippen molar-refractivity contribution >= 4 is 23.1 Å². The molecule has 0 aliphatic heterocycles. The van der Waals surface area contributed by atoms with Gasteiger partial charge in [-0.25, -0.2) is 0 Å². The molecule has 0 aliphatic rings. The summed E-state index contributed by atoms with van der Waals surface area (Å²) in [4.78, 5) is 4.41. The second-order valence-electron chi connectivity index (χ2n) is 5.02. The molecule has 3 aromatic rings. The molecule has 0 aliphatic carbocycles. The minimum absolute atomic E-state index is 0.434. The van der Waals surface area contributed by atoms with Gasteiger partial charge in [0, 0.05) is 17.4 Å². The molecule has 0 bridgehead atoms. The van der Waals surface area contributed by atoms with Crippen molar-refractivity contribution in [3.63, 3.8) is 0 Å². The first-order valence-corrected chi connectivity index (χ1v) is 7.17. The Morgan fingerprint density at radius 3 is 2.52 bits per heavy atom. The summed E-state index contributed by atoms with van der Waals surface area (Å²) in [5, 5.41) is 14.3. The van der Waals surface area contributed by atoms with Crippen LogP contribution < -0.4 is 15.4 Å². The molecule has 0 amide bonds. The van der Waals surface area contributed by atoms with Gasteiger partial charge in [-0.3, -0.25) is 0 Å². The van der Waals surface area contributed by atoms with Crippen LogP contribution in [-0.4, -0.2) is 22.3 Å². The summed E-state index contributed by atoms with van der Waals surface area (Å²) < 4.78 is 5.21. The van der Waals surface area contributed by atoms with Crippen LogP contribution in [0.25, 0.3) is 0 Å². The average Bonchev–Trinajstić information content (AvgIpc) is 2.55. The number of aryl methyl sites for hydroxylation is 1. The highest BCUT2D eigenvalue weighted by Crippen LogP contribution is 2.21. The molecule has 3 rings (SSSR count).